The first-order valence-corrected chi connectivity index (χ1v) is 6.36. The smallest absolute Gasteiger partial charge is 0.456 e. The van der Waals surface area contributed by atoms with E-state index in [4.69, 9.17) is 10.2 Å². The monoisotopic (exact) mass is 313 g/mol. The number of aryl methyl sites for hydroxylation is 3. The van der Waals surface area contributed by atoms with Gasteiger partial charge in [-0.1, -0.05) is 32.4 Å². The number of aliphatic hydroxyl groups is 2. The van der Waals surface area contributed by atoms with Crippen molar-refractivity contribution in [3.05, 3.63) is 53.3 Å². The molecular formula is C16H27NO2Ti. The molecule has 0 aliphatic rings. The Bertz CT molecular complexity index is 353. The van der Waals surface area contributed by atoms with E-state index in [1.165, 1.54) is 24.1 Å². The summed E-state index contributed by atoms with van der Waals surface area (Å²) in [7, 11) is 2.00. The van der Waals surface area contributed by atoms with Gasteiger partial charge in [-0.05, 0) is 6.92 Å². The molecule has 112 valence electrons. The van der Waals surface area contributed by atoms with Crippen LogP contribution in [-0.4, -0.2) is 29.4 Å². The Labute approximate surface area is 138 Å². The van der Waals surface area contributed by atoms with Crippen LogP contribution >= 0.6 is 0 Å². The van der Waals surface area contributed by atoms with Crippen molar-refractivity contribution in [2.75, 3.05) is 14.2 Å². The van der Waals surface area contributed by atoms with E-state index in [1.807, 2.05) is 19.9 Å². The van der Waals surface area contributed by atoms with Crippen LogP contribution in [0.2, 0.25) is 0 Å². The Morgan fingerprint density at radius 2 is 1.60 bits per heavy atom. The Kier molecular flexibility index (Phi) is 22.2. The van der Waals surface area contributed by atoms with Crippen LogP contribution in [0.1, 0.15) is 30.3 Å². The third-order valence-electron chi connectivity index (χ3n) is 2.16. The first kappa shape index (κ1) is 24.3. The maximum atomic E-state index is 7.00. The van der Waals surface area contributed by atoms with Crippen molar-refractivity contribution in [1.29, 1.82) is 0 Å². The van der Waals surface area contributed by atoms with Gasteiger partial charge in [-0.25, -0.2) is 24.3 Å². The van der Waals surface area contributed by atoms with Gasteiger partial charge in [-0.15, -0.1) is 5.69 Å². The first-order valence-electron chi connectivity index (χ1n) is 6.36. The average molecular weight is 313 g/mol. The summed E-state index contributed by atoms with van der Waals surface area (Å²) in [6.45, 7) is 6.21. The molecule has 1 heterocycles. The van der Waals surface area contributed by atoms with Gasteiger partial charge in [0.05, 0.1) is 0 Å². The van der Waals surface area contributed by atoms with Gasteiger partial charge >= 0.3 is 21.7 Å². The first-order chi connectivity index (χ1) is 9.22. The standard InChI is InChI=1S/C8H11.C6H8N.2CH4O.Ti/c1-2-5-8-6-3-4-7-8;1-5-3-4-6(2)7-5;2*1-2;/h3-4,6-7H,2,5H2,1H3;3,7H,1-2H3;2*2H,1H3;/q2*-1;;;+2. The number of nitrogens with one attached hydrogen (secondary N) is 1. The summed E-state index contributed by atoms with van der Waals surface area (Å²) < 4.78 is 0. The van der Waals surface area contributed by atoms with Crippen LogP contribution in [-0.2, 0) is 28.1 Å². The maximum absolute atomic E-state index is 7.00. The summed E-state index contributed by atoms with van der Waals surface area (Å²) in [6, 6.07) is 13.5. The van der Waals surface area contributed by atoms with Crippen molar-refractivity contribution in [3.8, 4) is 0 Å². The molecule has 0 saturated carbocycles. The molecule has 0 spiro atoms. The zero-order valence-corrected chi connectivity index (χ0v) is 14.8. The molecule has 0 unspecified atom stereocenters. The topological polar surface area (TPSA) is 56.2 Å². The van der Waals surface area contributed by atoms with E-state index in [0.29, 0.717) is 0 Å². The largest absolute Gasteiger partial charge is 2.00 e. The van der Waals surface area contributed by atoms with Crippen LogP contribution < -0.4 is 0 Å². The Balaban J connectivity index is -0.000000224. The molecular weight excluding hydrogens is 286 g/mol. The van der Waals surface area contributed by atoms with Gasteiger partial charge in [0.2, 0.25) is 0 Å². The van der Waals surface area contributed by atoms with Gasteiger partial charge in [0.25, 0.3) is 0 Å². The summed E-state index contributed by atoms with van der Waals surface area (Å²) in [6.07, 6.45) is 2.48. The molecule has 0 radical (unpaired) electrons. The summed E-state index contributed by atoms with van der Waals surface area (Å²) >= 11 is 0. The Hall–Kier alpha value is -0.736. The summed E-state index contributed by atoms with van der Waals surface area (Å²) in [4.78, 5) is 3.08. The quantitative estimate of drug-likeness (QED) is 0.590. The van der Waals surface area contributed by atoms with Crippen LogP contribution in [0.25, 0.3) is 0 Å². The predicted octanol–water partition coefficient (Wildman–Crippen LogP) is 3.00. The molecule has 0 saturated heterocycles. The number of aromatic amines is 1. The summed E-state index contributed by atoms with van der Waals surface area (Å²) in [5, 5.41) is 14.0. The van der Waals surface area contributed by atoms with E-state index in [0.717, 1.165) is 19.9 Å². The van der Waals surface area contributed by atoms with Crippen molar-refractivity contribution < 1.29 is 31.9 Å². The fourth-order valence-corrected chi connectivity index (χ4v) is 1.45. The van der Waals surface area contributed by atoms with Crippen molar-refractivity contribution >= 4 is 0 Å². The van der Waals surface area contributed by atoms with Crippen molar-refractivity contribution in [2.24, 2.45) is 0 Å². The normalized spacial score (nSPS) is 7.75. The van der Waals surface area contributed by atoms with E-state index in [2.05, 4.69) is 42.2 Å². The molecule has 20 heavy (non-hydrogen) atoms. The minimum absolute atomic E-state index is 0. The minimum atomic E-state index is 0. The van der Waals surface area contributed by atoms with E-state index < -0.39 is 0 Å². The number of aliphatic hydroxyl groups excluding tert-OH is 2. The van der Waals surface area contributed by atoms with Gasteiger partial charge in [-0.3, -0.25) is 0 Å². The average Bonchev–Trinajstić information content (AvgIpc) is 3.08. The molecule has 1 aromatic carbocycles. The van der Waals surface area contributed by atoms with Gasteiger partial charge in [0.1, 0.15) is 0 Å². The minimum Gasteiger partial charge on any atom is -0.456 e. The Morgan fingerprint density at radius 3 is 1.85 bits per heavy atom. The van der Waals surface area contributed by atoms with E-state index >= 15 is 0 Å². The molecule has 4 heteroatoms. The Morgan fingerprint density at radius 1 is 1.10 bits per heavy atom. The molecule has 2 aromatic rings. The molecule has 0 aliphatic carbocycles. The van der Waals surface area contributed by atoms with Crippen LogP contribution in [0.3, 0.4) is 0 Å². The van der Waals surface area contributed by atoms with Crippen LogP contribution in [0, 0.1) is 19.9 Å². The molecule has 3 N–H and O–H groups in total. The number of rotatable bonds is 2. The molecule has 0 bridgehead atoms. The summed E-state index contributed by atoms with van der Waals surface area (Å²) in [5.41, 5.74) is 3.75. The van der Waals surface area contributed by atoms with E-state index in [1.54, 1.807) is 0 Å². The van der Waals surface area contributed by atoms with Gasteiger partial charge in [-0.2, -0.15) is 17.7 Å². The molecule has 0 amide bonds. The van der Waals surface area contributed by atoms with Crippen molar-refractivity contribution in [2.45, 2.75) is 33.6 Å². The zero-order chi connectivity index (χ0) is 15.1. The van der Waals surface area contributed by atoms with Crippen LogP contribution in [0.15, 0.2) is 30.3 Å². The number of hydrogen-bond acceptors (Lipinski definition) is 2. The fourth-order valence-electron chi connectivity index (χ4n) is 1.45. The van der Waals surface area contributed by atoms with Gasteiger partial charge in [0.15, 0.2) is 0 Å². The SMILES string of the molecule is CCC[c-]1cccc1.CO.CO.Cc1[c-]cc(C)[nH]1.[Ti+2]. The predicted molar refractivity (Wildman–Crippen MR) is 81.4 cm³/mol. The third kappa shape index (κ3) is 13.7. The second kappa shape index (κ2) is 18.3. The number of hydrogen-bond donors (Lipinski definition) is 3. The maximum Gasteiger partial charge on any atom is 2.00 e. The van der Waals surface area contributed by atoms with Crippen LogP contribution in [0.4, 0.5) is 0 Å². The van der Waals surface area contributed by atoms with E-state index in [9.17, 15) is 0 Å². The second-order valence-corrected chi connectivity index (χ2v) is 3.76. The van der Waals surface area contributed by atoms with Gasteiger partial charge in [0, 0.05) is 14.2 Å². The molecule has 2 rings (SSSR count). The molecule has 0 fully saturated rings. The molecule has 0 aliphatic heterocycles. The van der Waals surface area contributed by atoms with Crippen molar-refractivity contribution in [1.82, 2.24) is 4.98 Å². The van der Waals surface area contributed by atoms with Gasteiger partial charge < -0.3 is 15.2 Å². The molecule has 1 aromatic heterocycles. The third-order valence-corrected chi connectivity index (χ3v) is 2.16. The van der Waals surface area contributed by atoms with Crippen molar-refractivity contribution in [3.63, 3.8) is 0 Å². The molecule has 0 atom stereocenters. The van der Waals surface area contributed by atoms with Crippen LogP contribution in [0.5, 0.6) is 0 Å². The van der Waals surface area contributed by atoms with E-state index in [-0.39, 0.29) is 21.7 Å². The summed E-state index contributed by atoms with van der Waals surface area (Å²) in [5.74, 6) is 0. The molecule has 3 nitrogen and oxygen atoms in total. The second-order valence-electron chi connectivity index (χ2n) is 3.76. The zero-order valence-electron chi connectivity index (χ0n) is 13.2. The number of aromatic nitrogens is 1. The number of H-pyrrole nitrogens is 1. The fraction of sp³-hybridized carbons (Fsp3) is 0.438.